The molecule has 5 nitrogen and oxygen atoms in total. The molecule has 0 N–H and O–H groups in total. The van der Waals surface area contributed by atoms with Gasteiger partial charge in [0.15, 0.2) is 5.78 Å². The van der Waals surface area contributed by atoms with Crippen LogP contribution in [0.4, 0.5) is 0 Å². The summed E-state index contributed by atoms with van der Waals surface area (Å²) in [5, 5.41) is 0. The molecule has 1 aliphatic heterocycles. The molecular weight excluding hydrogens is 264 g/mol. The SMILES string of the molecule is CS(=O)(=O)N1CCCC(CC(=O)c2ccccn2)C1. The average Bonchev–Trinajstić information content (AvgIpc) is 2.39. The highest BCUT2D eigenvalue weighted by atomic mass is 32.2. The molecule has 0 aliphatic carbocycles. The molecule has 1 aliphatic rings. The van der Waals surface area contributed by atoms with E-state index in [1.54, 1.807) is 24.4 Å². The normalized spacial score (nSPS) is 21.2. The maximum atomic E-state index is 12.0. The highest BCUT2D eigenvalue weighted by molar-refractivity contribution is 7.88. The van der Waals surface area contributed by atoms with E-state index in [2.05, 4.69) is 4.98 Å². The van der Waals surface area contributed by atoms with Gasteiger partial charge in [0.1, 0.15) is 5.69 Å². The fourth-order valence-corrected chi connectivity index (χ4v) is 3.33. The van der Waals surface area contributed by atoms with Crippen LogP contribution in [0.3, 0.4) is 0 Å². The smallest absolute Gasteiger partial charge is 0.211 e. The second-order valence-electron chi connectivity index (χ2n) is 4.97. The predicted molar refractivity (Wildman–Crippen MR) is 72.3 cm³/mol. The Labute approximate surface area is 113 Å². The molecular formula is C13H18N2O3S. The Morgan fingerprint density at radius 3 is 2.89 bits per heavy atom. The Morgan fingerprint density at radius 1 is 1.47 bits per heavy atom. The van der Waals surface area contributed by atoms with Gasteiger partial charge in [-0.25, -0.2) is 12.7 Å². The lowest BCUT2D eigenvalue weighted by Gasteiger charge is -2.30. The van der Waals surface area contributed by atoms with Crippen molar-refractivity contribution in [3.05, 3.63) is 30.1 Å². The van der Waals surface area contributed by atoms with E-state index in [0.29, 0.717) is 25.2 Å². The van der Waals surface area contributed by atoms with Crippen LogP contribution < -0.4 is 0 Å². The van der Waals surface area contributed by atoms with Crippen molar-refractivity contribution in [3.63, 3.8) is 0 Å². The van der Waals surface area contributed by atoms with Gasteiger partial charge in [-0.15, -0.1) is 0 Å². The Bertz CT molecular complexity index is 542. The fraction of sp³-hybridized carbons (Fsp3) is 0.538. The lowest BCUT2D eigenvalue weighted by molar-refractivity contribution is 0.0937. The third-order valence-corrected chi connectivity index (χ3v) is 4.65. The van der Waals surface area contributed by atoms with Gasteiger partial charge in [-0.3, -0.25) is 9.78 Å². The number of pyridine rings is 1. The molecule has 19 heavy (non-hydrogen) atoms. The zero-order valence-electron chi connectivity index (χ0n) is 10.9. The second kappa shape index (κ2) is 5.79. The van der Waals surface area contributed by atoms with Gasteiger partial charge in [0.2, 0.25) is 10.0 Å². The van der Waals surface area contributed by atoms with Crippen molar-refractivity contribution in [1.29, 1.82) is 0 Å². The number of piperidine rings is 1. The number of carbonyl (C=O) groups is 1. The van der Waals surface area contributed by atoms with E-state index < -0.39 is 10.0 Å². The molecule has 0 amide bonds. The van der Waals surface area contributed by atoms with E-state index >= 15 is 0 Å². The summed E-state index contributed by atoms with van der Waals surface area (Å²) in [7, 11) is -3.15. The van der Waals surface area contributed by atoms with E-state index in [0.717, 1.165) is 12.8 Å². The summed E-state index contributed by atoms with van der Waals surface area (Å²) in [6, 6.07) is 5.24. The number of carbonyl (C=O) groups excluding carboxylic acids is 1. The first kappa shape index (κ1) is 14.1. The minimum Gasteiger partial charge on any atom is -0.292 e. The topological polar surface area (TPSA) is 67.3 Å². The number of aromatic nitrogens is 1. The largest absolute Gasteiger partial charge is 0.292 e. The lowest BCUT2D eigenvalue weighted by atomic mass is 9.93. The first-order valence-electron chi connectivity index (χ1n) is 6.36. The zero-order chi connectivity index (χ0) is 13.9. The number of hydrogen-bond acceptors (Lipinski definition) is 4. The molecule has 6 heteroatoms. The maximum absolute atomic E-state index is 12.0. The summed E-state index contributed by atoms with van der Waals surface area (Å²) in [5.74, 6) is 0.0823. The first-order valence-corrected chi connectivity index (χ1v) is 8.21. The standard InChI is InChI=1S/C13H18N2O3S/c1-19(17,18)15-8-4-5-11(10-15)9-13(16)12-6-2-3-7-14-12/h2-3,6-7,11H,4-5,8-10H2,1H3. The summed E-state index contributed by atoms with van der Waals surface area (Å²) in [6.07, 6.45) is 4.88. The fourth-order valence-electron chi connectivity index (χ4n) is 2.39. The molecule has 0 saturated carbocycles. The van der Waals surface area contributed by atoms with Crippen molar-refractivity contribution < 1.29 is 13.2 Å². The van der Waals surface area contributed by atoms with Gasteiger partial charge in [0, 0.05) is 25.7 Å². The van der Waals surface area contributed by atoms with Gasteiger partial charge >= 0.3 is 0 Å². The van der Waals surface area contributed by atoms with Crippen molar-refractivity contribution in [1.82, 2.24) is 9.29 Å². The molecule has 0 radical (unpaired) electrons. The van der Waals surface area contributed by atoms with Gasteiger partial charge in [-0.05, 0) is 30.9 Å². The van der Waals surface area contributed by atoms with Crippen LogP contribution >= 0.6 is 0 Å². The Hall–Kier alpha value is -1.27. The van der Waals surface area contributed by atoms with Gasteiger partial charge < -0.3 is 0 Å². The summed E-state index contributed by atoms with van der Waals surface area (Å²) >= 11 is 0. The minimum absolute atomic E-state index is 0.0130. The molecule has 104 valence electrons. The third kappa shape index (κ3) is 3.84. The minimum atomic E-state index is -3.15. The molecule has 1 unspecified atom stereocenters. The zero-order valence-corrected chi connectivity index (χ0v) is 11.8. The molecule has 1 atom stereocenters. The van der Waals surface area contributed by atoms with E-state index in [1.165, 1.54) is 10.6 Å². The van der Waals surface area contributed by atoms with Crippen molar-refractivity contribution in [2.75, 3.05) is 19.3 Å². The van der Waals surface area contributed by atoms with Crippen LogP contribution in [0, 0.1) is 5.92 Å². The summed E-state index contributed by atoms with van der Waals surface area (Å²) in [5.41, 5.74) is 0.457. The number of nitrogens with zero attached hydrogens (tertiary/aromatic N) is 2. The van der Waals surface area contributed by atoms with Gasteiger partial charge in [-0.2, -0.15) is 0 Å². The van der Waals surface area contributed by atoms with E-state index in [4.69, 9.17) is 0 Å². The number of sulfonamides is 1. The Balaban J connectivity index is 1.98. The van der Waals surface area contributed by atoms with Crippen molar-refractivity contribution in [3.8, 4) is 0 Å². The van der Waals surface area contributed by atoms with E-state index in [9.17, 15) is 13.2 Å². The van der Waals surface area contributed by atoms with E-state index in [1.807, 2.05) is 0 Å². The number of Topliss-reactive ketones (excluding diaryl/α,β-unsaturated/α-hetero) is 1. The van der Waals surface area contributed by atoms with Crippen molar-refractivity contribution in [2.45, 2.75) is 19.3 Å². The van der Waals surface area contributed by atoms with Gasteiger partial charge in [-0.1, -0.05) is 6.07 Å². The van der Waals surface area contributed by atoms with Crippen LogP contribution in [0.2, 0.25) is 0 Å². The van der Waals surface area contributed by atoms with Crippen LogP contribution in [0.5, 0.6) is 0 Å². The van der Waals surface area contributed by atoms with Crippen LogP contribution in [0.15, 0.2) is 24.4 Å². The first-order chi connectivity index (χ1) is 8.97. The molecule has 1 aromatic heterocycles. The predicted octanol–water partition coefficient (Wildman–Crippen LogP) is 1.33. The highest BCUT2D eigenvalue weighted by Crippen LogP contribution is 2.22. The molecule has 0 spiro atoms. The summed E-state index contributed by atoms with van der Waals surface area (Å²) in [6.45, 7) is 1.00. The molecule has 2 rings (SSSR count). The number of rotatable bonds is 4. The van der Waals surface area contributed by atoms with Crippen molar-refractivity contribution in [2.24, 2.45) is 5.92 Å². The van der Waals surface area contributed by atoms with Crippen molar-refractivity contribution >= 4 is 15.8 Å². The molecule has 1 aromatic rings. The third-order valence-electron chi connectivity index (χ3n) is 3.38. The number of ketones is 1. The Morgan fingerprint density at radius 2 is 2.26 bits per heavy atom. The maximum Gasteiger partial charge on any atom is 0.211 e. The molecule has 0 aromatic carbocycles. The van der Waals surface area contributed by atoms with Gasteiger partial charge in [0.05, 0.1) is 6.26 Å². The van der Waals surface area contributed by atoms with Crippen LogP contribution in [0.25, 0.3) is 0 Å². The van der Waals surface area contributed by atoms with Crippen LogP contribution in [-0.2, 0) is 10.0 Å². The lowest BCUT2D eigenvalue weighted by Crippen LogP contribution is -2.39. The molecule has 1 fully saturated rings. The van der Waals surface area contributed by atoms with Crippen LogP contribution in [0.1, 0.15) is 29.8 Å². The van der Waals surface area contributed by atoms with Crippen LogP contribution in [-0.4, -0.2) is 42.8 Å². The molecule has 0 bridgehead atoms. The quantitative estimate of drug-likeness (QED) is 0.781. The summed E-state index contributed by atoms with van der Waals surface area (Å²) in [4.78, 5) is 16.1. The monoisotopic (exact) mass is 282 g/mol. The molecule has 2 heterocycles. The number of hydrogen-bond donors (Lipinski definition) is 0. The summed E-state index contributed by atoms with van der Waals surface area (Å²) < 4.78 is 24.5. The van der Waals surface area contributed by atoms with E-state index in [-0.39, 0.29) is 11.7 Å². The Kier molecular flexibility index (Phi) is 4.31. The highest BCUT2D eigenvalue weighted by Gasteiger charge is 2.27. The van der Waals surface area contributed by atoms with Gasteiger partial charge in [0.25, 0.3) is 0 Å². The molecule has 1 saturated heterocycles. The second-order valence-corrected chi connectivity index (χ2v) is 6.95. The average molecular weight is 282 g/mol.